The topological polar surface area (TPSA) is 83.0 Å². The van der Waals surface area contributed by atoms with Gasteiger partial charge in [-0.3, -0.25) is 9.69 Å². The van der Waals surface area contributed by atoms with Gasteiger partial charge in [-0.2, -0.15) is 0 Å². The molecule has 1 amide bonds. The van der Waals surface area contributed by atoms with E-state index in [1.54, 1.807) is 18.5 Å². The normalized spacial score (nSPS) is 20.7. The molecule has 0 radical (unpaired) electrons. The van der Waals surface area contributed by atoms with Crippen molar-refractivity contribution in [1.29, 1.82) is 0 Å². The second-order valence-corrected chi connectivity index (χ2v) is 7.94. The number of thiazole rings is 1. The van der Waals surface area contributed by atoms with Crippen LogP contribution in [0.2, 0.25) is 0 Å². The van der Waals surface area contributed by atoms with Crippen molar-refractivity contribution in [1.82, 2.24) is 19.9 Å². The fraction of sp³-hybridized carbons (Fsp3) is 0.556. The van der Waals surface area contributed by atoms with Crippen molar-refractivity contribution in [2.75, 3.05) is 30.3 Å². The third kappa shape index (κ3) is 5.74. The van der Waals surface area contributed by atoms with E-state index in [2.05, 4.69) is 44.3 Å². The minimum absolute atomic E-state index is 0.0606. The molecule has 3 rings (SSSR count). The van der Waals surface area contributed by atoms with E-state index in [1.807, 2.05) is 5.38 Å². The summed E-state index contributed by atoms with van der Waals surface area (Å²) < 4.78 is 0. The molecule has 0 aromatic carbocycles. The predicted molar refractivity (Wildman–Crippen MR) is 104 cm³/mol. The van der Waals surface area contributed by atoms with Crippen molar-refractivity contribution in [2.45, 2.75) is 33.2 Å². The van der Waals surface area contributed by atoms with Crippen molar-refractivity contribution < 1.29 is 4.79 Å². The number of likely N-dealkylation sites (tertiary alicyclic amines) is 1. The van der Waals surface area contributed by atoms with Gasteiger partial charge in [-0.15, -0.1) is 11.3 Å². The summed E-state index contributed by atoms with van der Waals surface area (Å²) in [6.45, 7) is 8.20. The van der Waals surface area contributed by atoms with Crippen LogP contribution in [0.25, 0.3) is 0 Å². The van der Waals surface area contributed by atoms with Crippen LogP contribution in [0.3, 0.4) is 0 Å². The van der Waals surface area contributed by atoms with Crippen molar-refractivity contribution in [3.8, 4) is 0 Å². The molecule has 3 heterocycles. The van der Waals surface area contributed by atoms with E-state index in [1.165, 1.54) is 17.8 Å². The van der Waals surface area contributed by atoms with E-state index in [4.69, 9.17) is 0 Å². The minimum atomic E-state index is -0.0606. The molecule has 8 heteroatoms. The molecule has 2 atom stereocenters. The largest absolute Gasteiger partial charge is 0.354 e. The molecule has 0 aliphatic carbocycles. The molecule has 2 aromatic rings. The van der Waals surface area contributed by atoms with Gasteiger partial charge in [0.1, 0.15) is 0 Å². The first-order chi connectivity index (χ1) is 12.6. The van der Waals surface area contributed by atoms with Crippen LogP contribution in [0.5, 0.6) is 0 Å². The summed E-state index contributed by atoms with van der Waals surface area (Å²) in [5.74, 6) is 1.94. The van der Waals surface area contributed by atoms with Crippen LogP contribution in [0.4, 0.5) is 11.1 Å². The van der Waals surface area contributed by atoms with Crippen LogP contribution in [0.1, 0.15) is 32.4 Å². The van der Waals surface area contributed by atoms with Gasteiger partial charge in [0.25, 0.3) is 0 Å². The highest BCUT2D eigenvalue weighted by Crippen LogP contribution is 2.24. The third-order valence-electron chi connectivity index (χ3n) is 4.33. The molecule has 140 valence electrons. The van der Waals surface area contributed by atoms with Crippen LogP contribution in [0, 0.1) is 11.8 Å². The zero-order chi connectivity index (χ0) is 18.4. The summed E-state index contributed by atoms with van der Waals surface area (Å²) >= 11 is 1.48. The monoisotopic (exact) mass is 374 g/mol. The van der Waals surface area contributed by atoms with Gasteiger partial charge in [0.05, 0.1) is 5.69 Å². The van der Waals surface area contributed by atoms with Gasteiger partial charge in [-0.1, -0.05) is 13.8 Å². The summed E-state index contributed by atoms with van der Waals surface area (Å²) in [5.41, 5.74) is 1.03. The number of carbonyl (C=O) groups excluding carboxylic acids is 1. The van der Waals surface area contributed by atoms with Gasteiger partial charge in [-0.05, 0) is 24.3 Å². The molecule has 0 spiro atoms. The lowest BCUT2D eigenvalue weighted by Crippen LogP contribution is -2.38. The van der Waals surface area contributed by atoms with Crippen LogP contribution in [0.15, 0.2) is 23.8 Å². The maximum Gasteiger partial charge on any atom is 0.227 e. The van der Waals surface area contributed by atoms with Gasteiger partial charge < -0.3 is 10.6 Å². The number of piperidine rings is 1. The van der Waals surface area contributed by atoms with E-state index in [-0.39, 0.29) is 5.91 Å². The van der Waals surface area contributed by atoms with Gasteiger partial charge >= 0.3 is 0 Å². The van der Waals surface area contributed by atoms with Crippen LogP contribution in [-0.4, -0.2) is 45.4 Å². The Labute approximate surface area is 158 Å². The van der Waals surface area contributed by atoms with Crippen molar-refractivity contribution in [3.05, 3.63) is 29.5 Å². The van der Waals surface area contributed by atoms with E-state index < -0.39 is 0 Å². The molecule has 0 unspecified atom stereocenters. The lowest BCUT2D eigenvalue weighted by Gasteiger charge is -2.34. The summed E-state index contributed by atoms with van der Waals surface area (Å²) in [7, 11) is 0. The molecular formula is C18H26N6OS. The zero-order valence-corrected chi connectivity index (χ0v) is 16.1. The van der Waals surface area contributed by atoms with Crippen LogP contribution in [-0.2, 0) is 11.3 Å². The molecule has 2 aromatic heterocycles. The molecule has 0 bridgehead atoms. The molecule has 0 saturated carbocycles. The number of nitrogens with zero attached hydrogens (tertiary/aromatic N) is 4. The van der Waals surface area contributed by atoms with E-state index in [0.29, 0.717) is 24.0 Å². The standard InChI is InChI=1S/C18H26N6OS/c1-13-8-14(2)10-24(9-13)11-15-12-26-18(22-15)23-16(25)4-7-21-17-19-5-3-6-20-17/h3,5-6,12-14H,4,7-11H2,1-2H3,(H,19,20,21)(H,22,23,25)/t13-,14-/m1/s1. The Hall–Kier alpha value is -2.06. The highest BCUT2D eigenvalue weighted by atomic mass is 32.1. The summed E-state index contributed by atoms with van der Waals surface area (Å²) in [4.78, 5) is 27.2. The highest BCUT2D eigenvalue weighted by Gasteiger charge is 2.22. The van der Waals surface area contributed by atoms with Gasteiger partial charge in [0.2, 0.25) is 11.9 Å². The highest BCUT2D eigenvalue weighted by molar-refractivity contribution is 7.13. The maximum absolute atomic E-state index is 12.1. The molecule has 1 aliphatic rings. The number of carbonyl (C=O) groups is 1. The van der Waals surface area contributed by atoms with Gasteiger partial charge in [0.15, 0.2) is 5.13 Å². The number of hydrogen-bond acceptors (Lipinski definition) is 7. The molecule has 1 fully saturated rings. The van der Waals surface area contributed by atoms with Gasteiger partial charge in [0, 0.05) is 50.4 Å². The molecule has 2 N–H and O–H groups in total. The van der Waals surface area contributed by atoms with Crippen molar-refractivity contribution >= 4 is 28.3 Å². The van der Waals surface area contributed by atoms with Gasteiger partial charge in [-0.25, -0.2) is 15.0 Å². The minimum Gasteiger partial charge on any atom is -0.354 e. The Balaban J connectivity index is 1.42. The number of hydrogen-bond donors (Lipinski definition) is 2. The van der Waals surface area contributed by atoms with Crippen LogP contribution < -0.4 is 10.6 Å². The first-order valence-corrected chi connectivity index (χ1v) is 9.94. The maximum atomic E-state index is 12.1. The second kappa shape index (κ2) is 9.05. The number of rotatable bonds is 7. The molecule has 26 heavy (non-hydrogen) atoms. The summed E-state index contributed by atoms with van der Waals surface area (Å²) in [6, 6.07) is 1.75. The lowest BCUT2D eigenvalue weighted by molar-refractivity contribution is -0.115. The van der Waals surface area contributed by atoms with E-state index in [9.17, 15) is 4.79 Å². The molecule has 7 nitrogen and oxygen atoms in total. The number of anilines is 2. The first kappa shape index (κ1) is 18.7. The zero-order valence-electron chi connectivity index (χ0n) is 15.3. The fourth-order valence-corrected chi connectivity index (χ4v) is 4.16. The number of nitrogens with one attached hydrogen (secondary N) is 2. The second-order valence-electron chi connectivity index (χ2n) is 7.08. The number of amides is 1. The Bertz CT molecular complexity index is 697. The molecule has 1 saturated heterocycles. The van der Waals surface area contributed by atoms with E-state index in [0.717, 1.165) is 37.2 Å². The van der Waals surface area contributed by atoms with Crippen molar-refractivity contribution in [2.24, 2.45) is 11.8 Å². The Kier molecular flexibility index (Phi) is 6.51. The lowest BCUT2D eigenvalue weighted by atomic mass is 9.92. The Morgan fingerprint density at radius 2 is 2.00 bits per heavy atom. The Morgan fingerprint density at radius 1 is 1.27 bits per heavy atom. The SMILES string of the molecule is C[C@@H]1C[C@@H](C)CN(Cc2csc(NC(=O)CCNc3ncccn3)n2)C1. The fourth-order valence-electron chi connectivity index (χ4n) is 3.45. The summed E-state index contributed by atoms with van der Waals surface area (Å²) in [6.07, 6.45) is 4.97. The predicted octanol–water partition coefficient (Wildman–Crippen LogP) is 2.85. The first-order valence-electron chi connectivity index (χ1n) is 9.06. The Morgan fingerprint density at radius 3 is 2.73 bits per heavy atom. The average molecular weight is 375 g/mol. The molecule has 1 aliphatic heterocycles. The third-order valence-corrected chi connectivity index (χ3v) is 5.14. The quantitative estimate of drug-likeness (QED) is 0.775. The van der Waals surface area contributed by atoms with Crippen molar-refractivity contribution in [3.63, 3.8) is 0 Å². The smallest absolute Gasteiger partial charge is 0.227 e. The summed E-state index contributed by atoms with van der Waals surface area (Å²) in [5, 5.41) is 8.60. The average Bonchev–Trinajstić information content (AvgIpc) is 3.01. The van der Waals surface area contributed by atoms with E-state index >= 15 is 0 Å². The van der Waals surface area contributed by atoms with Crippen LogP contribution >= 0.6 is 11.3 Å². The molecular weight excluding hydrogens is 348 g/mol. The number of aromatic nitrogens is 3.